The first-order valence-corrected chi connectivity index (χ1v) is 9.52. The molecule has 3 heterocycles. The first-order valence-electron chi connectivity index (χ1n) is 9.52. The number of anilines is 1. The van der Waals surface area contributed by atoms with E-state index in [0.717, 1.165) is 44.1 Å². The summed E-state index contributed by atoms with van der Waals surface area (Å²) in [5.74, 6) is 3.96. The number of likely N-dealkylation sites (tertiary alicyclic amines) is 1. The van der Waals surface area contributed by atoms with E-state index in [9.17, 15) is 4.79 Å². The Hall–Kier alpha value is -2.77. The van der Waals surface area contributed by atoms with Gasteiger partial charge < -0.3 is 24.2 Å². The number of urea groups is 1. The summed E-state index contributed by atoms with van der Waals surface area (Å²) in [5, 5.41) is 7.05. The summed E-state index contributed by atoms with van der Waals surface area (Å²) in [4.78, 5) is 18.9. The summed E-state index contributed by atoms with van der Waals surface area (Å²) in [6.07, 6.45) is 5.05. The summed E-state index contributed by atoms with van der Waals surface area (Å²) in [7, 11) is 0. The lowest BCUT2D eigenvalue weighted by molar-refractivity contribution is 0.174. The van der Waals surface area contributed by atoms with E-state index >= 15 is 0 Å². The number of benzene rings is 1. The molecule has 1 N–H and O–H groups in total. The van der Waals surface area contributed by atoms with Gasteiger partial charge in [-0.25, -0.2) is 4.79 Å². The molecule has 8 nitrogen and oxygen atoms in total. The molecule has 5 rings (SSSR count). The number of nitrogens with one attached hydrogen (secondary N) is 1. The van der Waals surface area contributed by atoms with Crippen LogP contribution in [0.1, 0.15) is 43.3 Å². The van der Waals surface area contributed by atoms with Gasteiger partial charge in [0.1, 0.15) is 0 Å². The molecular weight excluding hydrogens is 348 g/mol. The maximum Gasteiger partial charge on any atom is 0.321 e. The molecule has 0 bridgehead atoms. The van der Waals surface area contributed by atoms with Crippen molar-refractivity contribution in [3.8, 4) is 11.5 Å². The first kappa shape index (κ1) is 16.4. The van der Waals surface area contributed by atoms with E-state index < -0.39 is 0 Å². The van der Waals surface area contributed by atoms with Crippen molar-refractivity contribution in [3.63, 3.8) is 0 Å². The molecule has 8 heteroatoms. The predicted molar refractivity (Wildman–Crippen MR) is 95.9 cm³/mol. The van der Waals surface area contributed by atoms with Crippen LogP contribution in [0.5, 0.6) is 11.5 Å². The fourth-order valence-corrected chi connectivity index (χ4v) is 3.62. The molecule has 3 aliphatic rings. The summed E-state index contributed by atoms with van der Waals surface area (Å²) < 4.78 is 16.0. The van der Waals surface area contributed by atoms with Crippen molar-refractivity contribution in [2.24, 2.45) is 5.92 Å². The predicted octanol–water partition coefficient (Wildman–Crippen LogP) is 3.16. The van der Waals surface area contributed by atoms with Gasteiger partial charge in [-0.05, 0) is 43.7 Å². The number of rotatable bonds is 4. The van der Waals surface area contributed by atoms with Gasteiger partial charge in [0.05, 0.1) is 0 Å². The second-order valence-electron chi connectivity index (χ2n) is 7.46. The summed E-state index contributed by atoms with van der Waals surface area (Å²) in [6.45, 7) is 1.69. The Morgan fingerprint density at radius 1 is 1.15 bits per heavy atom. The van der Waals surface area contributed by atoms with Gasteiger partial charge in [-0.15, -0.1) is 0 Å². The fourth-order valence-electron chi connectivity index (χ4n) is 3.62. The molecular formula is C19H22N4O4. The van der Waals surface area contributed by atoms with Crippen molar-refractivity contribution in [1.29, 1.82) is 0 Å². The molecule has 1 saturated heterocycles. The summed E-state index contributed by atoms with van der Waals surface area (Å²) in [5.41, 5.74) is 0.714. The second kappa shape index (κ2) is 6.75. The van der Waals surface area contributed by atoms with E-state index in [1.54, 1.807) is 6.07 Å². The van der Waals surface area contributed by atoms with E-state index in [-0.39, 0.29) is 12.8 Å². The number of hydrogen-bond donors (Lipinski definition) is 1. The Labute approximate surface area is 156 Å². The normalized spacial score (nSPS) is 19.3. The van der Waals surface area contributed by atoms with Crippen molar-refractivity contribution >= 4 is 11.7 Å². The molecule has 0 spiro atoms. The Morgan fingerprint density at radius 3 is 2.78 bits per heavy atom. The lowest BCUT2D eigenvalue weighted by atomic mass is 9.93. The molecule has 1 aromatic heterocycles. The van der Waals surface area contributed by atoms with Crippen LogP contribution in [0.25, 0.3) is 0 Å². The molecule has 0 unspecified atom stereocenters. The van der Waals surface area contributed by atoms with Crippen molar-refractivity contribution in [3.05, 3.63) is 29.9 Å². The van der Waals surface area contributed by atoms with Gasteiger partial charge in [-0.3, -0.25) is 0 Å². The number of amides is 2. The zero-order valence-corrected chi connectivity index (χ0v) is 15.0. The number of piperidine rings is 1. The topological polar surface area (TPSA) is 89.7 Å². The van der Waals surface area contributed by atoms with Crippen molar-refractivity contribution in [2.45, 2.75) is 38.0 Å². The van der Waals surface area contributed by atoms with Gasteiger partial charge in [0.2, 0.25) is 12.7 Å². The van der Waals surface area contributed by atoms with Crippen molar-refractivity contribution < 1.29 is 18.8 Å². The molecule has 1 saturated carbocycles. The van der Waals surface area contributed by atoms with Crippen LogP contribution in [-0.4, -0.2) is 41.0 Å². The van der Waals surface area contributed by atoms with Crippen LogP contribution in [0.4, 0.5) is 10.5 Å². The smallest absolute Gasteiger partial charge is 0.321 e. The van der Waals surface area contributed by atoms with Gasteiger partial charge in [0, 0.05) is 37.2 Å². The van der Waals surface area contributed by atoms with Gasteiger partial charge >= 0.3 is 6.03 Å². The quantitative estimate of drug-likeness (QED) is 0.889. The van der Waals surface area contributed by atoms with Crippen LogP contribution in [0, 0.1) is 5.92 Å². The van der Waals surface area contributed by atoms with E-state index in [2.05, 4.69) is 15.5 Å². The number of nitrogens with zero attached hydrogens (tertiary/aromatic N) is 3. The van der Waals surface area contributed by atoms with Crippen LogP contribution in [-0.2, 0) is 6.42 Å². The van der Waals surface area contributed by atoms with Crippen LogP contribution < -0.4 is 14.8 Å². The maximum absolute atomic E-state index is 12.5. The molecule has 0 atom stereocenters. The fraction of sp³-hybridized carbons (Fsp3) is 0.526. The number of aromatic nitrogens is 2. The summed E-state index contributed by atoms with van der Waals surface area (Å²) in [6, 6.07) is 5.35. The van der Waals surface area contributed by atoms with Gasteiger partial charge in [0.25, 0.3) is 0 Å². The highest BCUT2D eigenvalue weighted by atomic mass is 16.7. The zero-order chi connectivity index (χ0) is 18.2. The number of carbonyl (C=O) groups excluding carboxylic acids is 1. The van der Waals surface area contributed by atoms with Crippen LogP contribution in [0.2, 0.25) is 0 Å². The van der Waals surface area contributed by atoms with Crippen LogP contribution in [0.15, 0.2) is 22.7 Å². The Balaban J connectivity index is 1.12. The van der Waals surface area contributed by atoms with E-state index in [1.807, 2.05) is 17.0 Å². The van der Waals surface area contributed by atoms with Gasteiger partial charge in [-0.2, -0.15) is 4.98 Å². The molecule has 2 aliphatic heterocycles. The molecule has 142 valence electrons. The van der Waals surface area contributed by atoms with Crippen molar-refractivity contribution in [2.75, 3.05) is 25.2 Å². The van der Waals surface area contributed by atoms with E-state index in [4.69, 9.17) is 14.0 Å². The van der Waals surface area contributed by atoms with E-state index in [1.165, 1.54) is 12.8 Å². The van der Waals surface area contributed by atoms with E-state index in [0.29, 0.717) is 29.0 Å². The SMILES string of the molecule is O=C(Nc1ccc2c(c1)OCO2)N1CCC(Cc2noc(C3CC3)n2)CC1. The highest BCUT2D eigenvalue weighted by Crippen LogP contribution is 2.39. The number of hydrogen-bond acceptors (Lipinski definition) is 6. The molecule has 2 fully saturated rings. The average Bonchev–Trinajstić information content (AvgIpc) is 3.25. The molecule has 1 aliphatic carbocycles. The van der Waals surface area contributed by atoms with Crippen LogP contribution in [0.3, 0.4) is 0 Å². The lowest BCUT2D eigenvalue weighted by Gasteiger charge is -2.31. The Kier molecular flexibility index (Phi) is 4.10. The minimum atomic E-state index is -0.0807. The largest absolute Gasteiger partial charge is 0.454 e. The standard InChI is InChI=1S/C19H22N4O4/c24-19(20-14-3-4-15-16(10-14)26-11-25-15)23-7-5-12(6-8-23)9-17-21-18(27-22-17)13-1-2-13/h3-4,10,12-13H,1-2,5-9,11H2,(H,20,24). The van der Waals surface area contributed by atoms with Crippen molar-refractivity contribution in [1.82, 2.24) is 15.0 Å². The van der Waals surface area contributed by atoms with Gasteiger partial charge in [0.15, 0.2) is 17.3 Å². The highest BCUT2D eigenvalue weighted by molar-refractivity contribution is 5.89. The average molecular weight is 370 g/mol. The minimum Gasteiger partial charge on any atom is -0.454 e. The monoisotopic (exact) mass is 370 g/mol. The minimum absolute atomic E-state index is 0.0807. The lowest BCUT2D eigenvalue weighted by Crippen LogP contribution is -2.41. The Morgan fingerprint density at radius 2 is 1.96 bits per heavy atom. The molecule has 2 aromatic rings. The highest BCUT2D eigenvalue weighted by Gasteiger charge is 2.30. The third-order valence-corrected chi connectivity index (χ3v) is 5.41. The number of ether oxygens (including phenoxy) is 2. The summed E-state index contributed by atoms with van der Waals surface area (Å²) >= 11 is 0. The second-order valence-corrected chi connectivity index (χ2v) is 7.46. The molecule has 2 amide bonds. The Bertz CT molecular complexity index is 840. The first-order chi connectivity index (χ1) is 13.2. The van der Waals surface area contributed by atoms with Crippen LogP contribution >= 0.6 is 0 Å². The third-order valence-electron chi connectivity index (χ3n) is 5.41. The zero-order valence-electron chi connectivity index (χ0n) is 15.0. The molecule has 27 heavy (non-hydrogen) atoms. The number of carbonyl (C=O) groups is 1. The van der Waals surface area contributed by atoms with Gasteiger partial charge in [-0.1, -0.05) is 5.16 Å². The third kappa shape index (κ3) is 3.56. The molecule has 1 aromatic carbocycles. The maximum atomic E-state index is 12.5. The number of fused-ring (bicyclic) bond motifs is 1. The molecule has 0 radical (unpaired) electrons.